The standard InChI is InChI=1S/C11H10N2O4.K/c1-13-5-6(10(14)11(15)16)8-9(13)7(17-2)3-4-12-8;/h3-5H,1-2H3,(H,15,16);/q;+1/p-1. The largest absolute Gasteiger partial charge is 1.00 e. The maximum atomic E-state index is 11.4. The second-order valence-electron chi connectivity index (χ2n) is 3.48. The van der Waals surface area contributed by atoms with Crippen molar-refractivity contribution < 1.29 is 70.8 Å². The van der Waals surface area contributed by atoms with Gasteiger partial charge >= 0.3 is 51.4 Å². The fourth-order valence-electron chi connectivity index (χ4n) is 1.73. The van der Waals surface area contributed by atoms with Crippen molar-refractivity contribution in [2.75, 3.05) is 7.11 Å². The Labute approximate surface area is 145 Å². The minimum atomic E-state index is -1.75. The molecule has 7 heteroatoms. The van der Waals surface area contributed by atoms with Crippen LogP contribution in [0.1, 0.15) is 10.4 Å². The molecule has 2 rings (SSSR count). The van der Waals surface area contributed by atoms with E-state index < -0.39 is 11.8 Å². The first kappa shape index (κ1) is 15.3. The van der Waals surface area contributed by atoms with Gasteiger partial charge in [-0.3, -0.25) is 9.78 Å². The number of aromatic nitrogens is 2. The zero-order valence-electron chi connectivity index (χ0n) is 10.3. The average Bonchev–Trinajstić information content (AvgIpc) is 2.66. The zero-order valence-corrected chi connectivity index (χ0v) is 13.4. The van der Waals surface area contributed by atoms with Crippen molar-refractivity contribution in [2.24, 2.45) is 7.05 Å². The van der Waals surface area contributed by atoms with Crippen molar-refractivity contribution in [3.05, 3.63) is 24.0 Å². The van der Waals surface area contributed by atoms with Crippen LogP contribution in [0.25, 0.3) is 11.0 Å². The normalized spacial score (nSPS) is 9.89. The first-order valence-electron chi connectivity index (χ1n) is 4.80. The van der Waals surface area contributed by atoms with Gasteiger partial charge in [-0.15, -0.1) is 0 Å². The predicted octanol–water partition coefficient (Wildman–Crippen LogP) is -3.48. The molecule has 2 heterocycles. The number of ether oxygens (including phenoxy) is 1. The summed E-state index contributed by atoms with van der Waals surface area (Å²) < 4.78 is 6.72. The minimum absolute atomic E-state index is 0. The van der Waals surface area contributed by atoms with Crippen molar-refractivity contribution in [1.82, 2.24) is 9.55 Å². The number of nitrogens with zero attached hydrogens (tertiary/aromatic N) is 2. The van der Waals surface area contributed by atoms with E-state index >= 15 is 0 Å². The summed E-state index contributed by atoms with van der Waals surface area (Å²) in [5, 5.41) is 10.6. The Morgan fingerprint density at radius 3 is 2.67 bits per heavy atom. The summed E-state index contributed by atoms with van der Waals surface area (Å²) in [5.74, 6) is -2.31. The fraction of sp³-hybridized carbons (Fsp3) is 0.182. The molecule has 2 aromatic heterocycles. The van der Waals surface area contributed by atoms with Crippen LogP contribution >= 0.6 is 0 Å². The first-order valence-corrected chi connectivity index (χ1v) is 4.80. The van der Waals surface area contributed by atoms with Gasteiger partial charge in [-0.1, -0.05) is 0 Å². The van der Waals surface area contributed by atoms with E-state index in [-0.39, 0.29) is 56.9 Å². The maximum absolute atomic E-state index is 11.4. The van der Waals surface area contributed by atoms with Gasteiger partial charge in [0.1, 0.15) is 22.8 Å². The number of hydrogen-bond donors (Lipinski definition) is 0. The predicted molar refractivity (Wildman–Crippen MR) is 56.6 cm³/mol. The minimum Gasteiger partial charge on any atom is -0.541 e. The van der Waals surface area contributed by atoms with Crippen molar-refractivity contribution in [2.45, 2.75) is 0 Å². The third kappa shape index (κ3) is 2.50. The molecule has 0 aromatic carbocycles. The quantitative estimate of drug-likeness (QED) is 0.329. The molecule has 2 aromatic rings. The summed E-state index contributed by atoms with van der Waals surface area (Å²) in [6.07, 6.45) is 2.85. The number of carbonyl (C=O) groups excluding carboxylic acids is 2. The van der Waals surface area contributed by atoms with Gasteiger partial charge in [0.15, 0.2) is 0 Å². The number of aryl methyl sites for hydroxylation is 1. The summed E-state index contributed by atoms with van der Waals surface area (Å²) >= 11 is 0. The molecular formula is C11H9KN2O4. The Hall–Kier alpha value is -0.734. The summed E-state index contributed by atoms with van der Waals surface area (Å²) in [4.78, 5) is 26.0. The topological polar surface area (TPSA) is 84.2 Å². The molecule has 0 radical (unpaired) electrons. The molecule has 0 fully saturated rings. The van der Waals surface area contributed by atoms with Gasteiger partial charge in [0.2, 0.25) is 5.78 Å². The second kappa shape index (κ2) is 5.94. The Kier molecular flexibility index (Phi) is 5.06. The zero-order chi connectivity index (χ0) is 12.6. The van der Waals surface area contributed by atoms with Crippen LogP contribution in [0.5, 0.6) is 5.75 Å². The number of hydrogen-bond acceptors (Lipinski definition) is 5. The Balaban J connectivity index is 0.00000162. The molecule has 0 unspecified atom stereocenters. The molecule has 0 aliphatic rings. The molecule has 0 bridgehead atoms. The summed E-state index contributed by atoms with van der Waals surface area (Å²) in [7, 11) is 3.17. The first-order chi connectivity index (χ1) is 8.06. The van der Waals surface area contributed by atoms with E-state index in [0.29, 0.717) is 16.8 Å². The fourth-order valence-corrected chi connectivity index (χ4v) is 1.73. The molecule has 0 atom stereocenters. The van der Waals surface area contributed by atoms with Crippen LogP contribution in [0, 0.1) is 0 Å². The molecule has 0 aliphatic heterocycles. The Bertz CT molecular complexity index is 621. The van der Waals surface area contributed by atoms with Gasteiger partial charge in [0.25, 0.3) is 0 Å². The number of Topliss-reactive ketones (excluding diaryl/α,β-unsaturated/α-hetero) is 1. The number of aliphatic carboxylic acids is 1. The van der Waals surface area contributed by atoms with E-state index in [9.17, 15) is 14.7 Å². The van der Waals surface area contributed by atoms with Crippen molar-refractivity contribution >= 4 is 22.8 Å². The van der Waals surface area contributed by atoms with Crippen LogP contribution < -0.4 is 61.2 Å². The van der Waals surface area contributed by atoms with E-state index in [1.165, 1.54) is 19.5 Å². The van der Waals surface area contributed by atoms with Crippen LogP contribution in [-0.4, -0.2) is 28.4 Å². The van der Waals surface area contributed by atoms with Gasteiger partial charge in [-0.25, -0.2) is 0 Å². The molecule has 18 heavy (non-hydrogen) atoms. The van der Waals surface area contributed by atoms with Crippen LogP contribution in [0.15, 0.2) is 18.5 Å². The molecule has 88 valence electrons. The maximum Gasteiger partial charge on any atom is 1.00 e. The van der Waals surface area contributed by atoms with Crippen LogP contribution in [0.4, 0.5) is 0 Å². The third-order valence-corrected chi connectivity index (χ3v) is 2.47. The molecule has 0 saturated carbocycles. The smallest absolute Gasteiger partial charge is 0.541 e. The van der Waals surface area contributed by atoms with Crippen molar-refractivity contribution in [1.29, 1.82) is 0 Å². The number of rotatable bonds is 3. The number of pyridine rings is 1. The SMILES string of the molecule is COc1ccnc2c(C(=O)C(=O)[O-])cn(C)c12.[K+]. The van der Waals surface area contributed by atoms with Gasteiger partial charge in [-0.05, 0) is 0 Å². The molecule has 0 spiro atoms. The van der Waals surface area contributed by atoms with Crippen LogP contribution in [0.2, 0.25) is 0 Å². The second-order valence-corrected chi connectivity index (χ2v) is 3.48. The van der Waals surface area contributed by atoms with Crippen molar-refractivity contribution in [3.63, 3.8) is 0 Å². The van der Waals surface area contributed by atoms with Gasteiger partial charge in [0.05, 0.1) is 12.7 Å². The molecule has 0 aliphatic carbocycles. The van der Waals surface area contributed by atoms with Gasteiger partial charge in [0, 0.05) is 25.5 Å². The van der Waals surface area contributed by atoms with Crippen LogP contribution in [-0.2, 0) is 11.8 Å². The monoisotopic (exact) mass is 272 g/mol. The van der Waals surface area contributed by atoms with Gasteiger partial charge < -0.3 is 19.2 Å². The molecular weight excluding hydrogens is 263 g/mol. The van der Waals surface area contributed by atoms with E-state index in [4.69, 9.17) is 4.74 Å². The van der Waals surface area contributed by atoms with Crippen LogP contribution in [0.3, 0.4) is 0 Å². The number of carboxylic acid groups (broad SMARTS) is 1. The van der Waals surface area contributed by atoms with E-state index in [1.807, 2.05) is 0 Å². The summed E-state index contributed by atoms with van der Waals surface area (Å²) in [6, 6.07) is 1.63. The number of ketones is 1. The summed E-state index contributed by atoms with van der Waals surface area (Å²) in [6.45, 7) is 0. The van der Waals surface area contributed by atoms with E-state index in [0.717, 1.165) is 0 Å². The van der Waals surface area contributed by atoms with E-state index in [2.05, 4.69) is 4.98 Å². The number of carbonyl (C=O) groups is 2. The summed E-state index contributed by atoms with van der Waals surface area (Å²) in [5.41, 5.74) is 0.863. The van der Waals surface area contributed by atoms with E-state index in [1.54, 1.807) is 17.7 Å². The molecule has 0 saturated heterocycles. The molecule has 0 N–H and O–H groups in total. The molecule has 0 amide bonds. The number of carboxylic acids is 1. The van der Waals surface area contributed by atoms with Gasteiger partial charge in [-0.2, -0.15) is 0 Å². The average molecular weight is 272 g/mol. The number of methoxy groups -OCH3 is 1. The van der Waals surface area contributed by atoms with Crippen molar-refractivity contribution in [3.8, 4) is 5.75 Å². The Morgan fingerprint density at radius 2 is 2.11 bits per heavy atom. The Morgan fingerprint density at radius 1 is 1.44 bits per heavy atom. The molecule has 6 nitrogen and oxygen atoms in total. The third-order valence-electron chi connectivity index (χ3n) is 2.47. The number of fused-ring (bicyclic) bond motifs is 1.